The average molecular weight is 336 g/mol. The van der Waals surface area contributed by atoms with E-state index in [2.05, 4.69) is 25.9 Å². The van der Waals surface area contributed by atoms with Crippen LogP contribution in [0.15, 0.2) is 45.7 Å². The normalized spacial score (nSPS) is 12.8. The van der Waals surface area contributed by atoms with Gasteiger partial charge in [-0.3, -0.25) is 0 Å². The van der Waals surface area contributed by atoms with Crippen LogP contribution in [0, 0.1) is 5.82 Å². The minimum atomic E-state index is -0.468. The van der Waals surface area contributed by atoms with E-state index in [1.54, 1.807) is 18.2 Å². The molecule has 4 nitrogen and oxygen atoms in total. The summed E-state index contributed by atoms with van der Waals surface area (Å²) in [7, 11) is 0. The van der Waals surface area contributed by atoms with Crippen LogP contribution in [0.4, 0.5) is 4.39 Å². The van der Waals surface area contributed by atoms with Crippen LogP contribution in [0.25, 0.3) is 11.0 Å². The van der Waals surface area contributed by atoms with E-state index < -0.39 is 6.04 Å². The molecular formula is C14H11BrFN3O. The SMILES string of the molecule is NC(c1cc(F)cc(Br)c1)c1ccc2[nH]c(=O)[nH]c2c1. The zero-order valence-corrected chi connectivity index (χ0v) is 11.9. The Morgan fingerprint density at radius 3 is 2.55 bits per heavy atom. The molecule has 0 spiro atoms. The molecule has 0 aliphatic carbocycles. The van der Waals surface area contributed by atoms with Crippen LogP contribution in [0.5, 0.6) is 0 Å². The lowest BCUT2D eigenvalue weighted by molar-refractivity contribution is 0.622. The van der Waals surface area contributed by atoms with Crippen molar-refractivity contribution in [3.63, 3.8) is 0 Å². The van der Waals surface area contributed by atoms with Crippen LogP contribution < -0.4 is 11.4 Å². The summed E-state index contributed by atoms with van der Waals surface area (Å²) in [5, 5.41) is 0. The van der Waals surface area contributed by atoms with Crippen LogP contribution in [0.2, 0.25) is 0 Å². The average Bonchev–Trinajstić information content (AvgIpc) is 2.75. The second kappa shape index (κ2) is 4.88. The smallest absolute Gasteiger partial charge is 0.320 e. The Morgan fingerprint density at radius 1 is 1.05 bits per heavy atom. The number of H-pyrrole nitrogens is 2. The van der Waals surface area contributed by atoms with E-state index in [-0.39, 0.29) is 11.5 Å². The molecule has 0 bridgehead atoms. The van der Waals surface area contributed by atoms with E-state index in [4.69, 9.17) is 5.73 Å². The van der Waals surface area contributed by atoms with Crippen LogP contribution in [-0.4, -0.2) is 9.97 Å². The Kier molecular flexibility index (Phi) is 3.19. The third-order valence-electron chi connectivity index (χ3n) is 3.14. The van der Waals surface area contributed by atoms with Gasteiger partial charge < -0.3 is 15.7 Å². The molecule has 4 N–H and O–H groups in total. The summed E-state index contributed by atoms with van der Waals surface area (Å²) in [5.74, 6) is -0.346. The van der Waals surface area contributed by atoms with Gasteiger partial charge in [0.15, 0.2) is 0 Å². The van der Waals surface area contributed by atoms with Crippen molar-refractivity contribution in [2.24, 2.45) is 5.73 Å². The Bertz CT molecular complexity index is 820. The van der Waals surface area contributed by atoms with Crippen LogP contribution in [0.1, 0.15) is 17.2 Å². The van der Waals surface area contributed by atoms with Crippen LogP contribution in [0.3, 0.4) is 0 Å². The van der Waals surface area contributed by atoms with Crippen molar-refractivity contribution >= 4 is 27.0 Å². The van der Waals surface area contributed by atoms with Crippen molar-refractivity contribution in [1.82, 2.24) is 9.97 Å². The highest BCUT2D eigenvalue weighted by Crippen LogP contribution is 2.25. The fourth-order valence-corrected chi connectivity index (χ4v) is 2.67. The summed E-state index contributed by atoms with van der Waals surface area (Å²) in [6.07, 6.45) is 0. The maximum Gasteiger partial charge on any atom is 0.323 e. The predicted octanol–water partition coefficient (Wildman–Crippen LogP) is 2.81. The topological polar surface area (TPSA) is 74.7 Å². The number of nitrogens with one attached hydrogen (secondary N) is 2. The summed E-state index contributed by atoms with van der Waals surface area (Å²) in [6.45, 7) is 0. The molecule has 1 unspecified atom stereocenters. The maximum absolute atomic E-state index is 13.4. The van der Waals surface area contributed by atoms with Crippen molar-refractivity contribution in [2.75, 3.05) is 0 Å². The second-order valence-electron chi connectivity index (χ2n) is 4.56. The molecule has 0 amide bonds. The summed E-state index contributed by atoms with van der Waals surface area (Å²) in [6, 6.07) is 9.47. The van der Waals surface area contributed by atoms with Crippen molar-refractivity contribution < 1.29 is 4.39 Å². The standard InChI is InChI=1S/C14H11BrFN3O/c15-9-3-8(4-10(16)6-9)13(17)7-1-2-11-12(5-7)19-14(20)18-11/h1-6,13H,17H2,(H2,18,19,20). The number of nitrogens with two attached hydrogens (primary N) is 1. The van der Waals surface area contributed by atoms with Crippen molar-refractivity contribution in [1.29, 1.82) is 0 Å². The highest BCUT2D eigenvalue weighted by molar-refractivity contribution is 9.10. The van der Waals surface area contributed by atoms with E-state index in [0.717, 1.165) is 5.56 Å². The minimum absolute atomic E-state index is 0.265. The predicted molar refractivity (Wildman–Crippen MR) is 79.0 cm³/mol. The first-order valence-corrected chi connectivity index (χ1v) is 6.76. The van der Waals surface area contributed by atoms with Gasteiger partial charge in [0.2, 0.25) is 0 Å². The van der Waals surface area contributed by atoms with Gasteiger partial charge >= 0.3 is 5.69 Å². The number of imidazole rings is 1. The number of rotatable bonds is 2. The van der Waals surface area contributed by atoms with Gasteiger partial charge in [-0.2, -0.15) is 0 Å². The fourth-order valence-electron chi connectivity index (χ4n) is 2.19. The number of aromatic amines is 2. The monoisotopic (exact) mass is 335 g/mol. The number of benzene rings is 2. The third kappa shape index (κ3) is 2.39. The summed E-state index contributed by atoms with van der Waals surface area (Å²) >= 11 is 3.25. The number of fused-ring (bicyclic) bond motifs is 1. The zero-order valence-electron chi connectivity index (χ0n) is 10.3. The molecular weight excluding hydrogens is 325 g/mol. The molecule has 102 valence electrons. The lowest BCUT2D eigenvalue weighted by Gasteiger charge is -2.13. The molecule has 20 heavy (non-hydrogen) atoms. The van der Waals surface area contributed by atoms with Gasteiger partial charge in [0.25, 0.3) is 0 Å². The Labute approximate surface area is 121 Å². The van der Waals surface area contributed by atoms with Crippen LogP contribution in [-0.2, 0) is 0 Å². The van der Waals surface area contributed by atoms with Crippen LogP contribution >= 0.6 is 15.9 Å². The molecule has 0 aliphatic heterocycles. The van der Waals surface area contributed by atoms with Gasteiger partial charge in [-0.05, 0) is 41.5 Å². The van der Waals surface area contributed by atoms with E-state index in [9.17, 15) is 9.18 Å². The highest BCUT2D eigenvalue weighted by Gasteiger charge is 2.12. The number of hydrogen-bond donors (Lipinski definition) is 3. The van der Waals surface area contributed by atoms with Gasteiger partial charge in [0.05, 0.1) is 17.1 Å². The Morgan fingerprint density at radius 2 is 1.80 bits per heavy atom. The van der Waals surface area contributed by atoms with Gasteiger partial charge in [-0.15, -0.1) is 0 Å². The minimum Gasteiger partial charge on any atom is -0.320 e. The van der Waals surface area contributed by atoms with Crippen molar-refractivity contribution in [3.8, 4) is 0 Å². The highest BCUT2D eigenvalue weighted by atomic mass is 79.9. The van der Waals surface area contributed by atoms with Gasteiger partial charge in [0.1, 0.15) is 5.82 Å². The maximum atomic E-state index is 13.4. The van der Waals surface area contributed by atoms with E-state index in [0.29, 0.717) is 21.1 Å². The quantitative estimate of drug-likeness (QED) is 0.673. The Balaban J connectivity index is 2.06. The largest absolute Gasteiger partial charge is 0.323 e. The molecule has 0 radical (unpaired) electrons. The van der Waals surface area contributed by atoms with E-state index in [1.807, 2.05) is 6.07 Å². The second-order valence-corrected chi connectivity index (χ2v) is 5.48. The molecule has 1 heterocycles. The first-order chi connectivity index (χ1) is 9.52. The molecule has 2 aromatic carbocycles. The van der Waals surface area contributed by atoms with Crippen molar-refractivity contribution in [2.45, 2.75) is 6.04 Å². The van der Waals surface area contributed by atoms with Gasteiger partial charge in [-0.1, -0.05) is 22.0 Å². The molecule has 1 atom stereocenters. The summed E-state index contributed by atoms with van der Waals surface area (Å²) in [5.41, 5.74) is 8.75. The number of aromatic nitrogens is 2. The van der Waals surface area contributed by atoms with E-state index in [1.165, 1.54) is 12.1 Å². The summed E-state index contributed by atoms with van der Waals surface area (Å²) < 4.78 is 14.1. The molecule has 0 aliphatic rings. The molecule has 0 saturated heterocycles. The molecule has 3 aromatic rings. The zero-order chi connectivity index (χ0) is 14.3. The first kappa shape index (κ1) is 13.1. The molecule has 1 aromatic heterocycles. The third-order valence-corrected chi connectivity index (χ3v) is 3.60. The first-order valence-electron chi connectivity index (χ1n) is 5.96. The lowest BCUT2D eigenvalue weighted by atomic mass is 9.99. The molecule has 6 heteroatoms. The molecule has 0 fully saturated rings. The number of halogens is 2. The summed E-state index contributed by atoms with van der Waals surface area (Å²) in [4.78, 5) is 16.6. The molecule has 3 rings (SSSR count). The molecule has 0 saturated carbocycles. The van der Waals surface area contributed by atoms with Gasteiger partial charge in [0, 0.05) is 4.47 Å². The number of hydrogen-bond acceptors (Lipinski definition) is 2. The van der Waals surface area contributed by atoms with Crippen molar-refractivity contribution in [3.05, 3.63) is 68.3 Å². The fraction of sp³-hybridized carbons (Fsp3) is 0.0714. The van der Waals surface area contributed by atoms with Gasteiger partial charge in [-0.25, -0.2) is 9.18 Å². The van der Waals surface area contributed by atoms with E-state index >= 15 is 0 Å². The Hall–Kier alpha value is -1.92. The lowest BCUT2D eigenvalue weighted by Crippen LogP contribution is -2.12.